The van der Waals surface area contributed by atoms with E-state index in [-0.39, 0.29) is 24.9 Å². The van der Waals surface area contributed by atoms with Gasteiger partial charge in [0.1, 0.15) is 5.75 Å². The summed E-state index contributed by atoms with van der Waals surface area (Å²) >= 11 is 0. The second-order valence-corrected chi connectivity index (χ2v) is 5.31. The predicted octanol–water partition coefficient (Wildman–Crippen LogP) is 1.000. The van der Waals surface area contributed by atoms with Crippen LogP contribution in [0.1, 0.15) is 29.8 Å². The molecule has 0 saturated heterocycles. The third-order valence-corrected chi connectivity index (χ3v) is 3.45. The highest BCUT2D eigenvalue weighted by Crippen LogP contribution is 2.26. The van der Waals surface area contributed by atoms with Crippen LogP contribution < -0.4 is 10.5 Å². The second-order valence-electron chi connectivity index (χ2n) is 5.31. The molecule has 108 valence electrons. The number of amides is 1. The molecule has 0 bridgehead atoms. The fourth-order valence-corrected chi connectivity index (χ4v) is 2.26. The lowest BCUT2D eigenvalue weighted by Crippen LogP contribution is -2.41. The van der Waals surface area contributed by atoms with Gasteiger partial charge in [0.25, 0.3) is 0 Å². The van der Waals surface area contributed by atoms with Gasteiger partial charge in [-0.25, -0.2) is 0 Å². The molecule has 1 aliphatic rings. The molecule has 0 atom stereocenters. The maximum absolute atomic E-state index is 12.3. The molecule has 0 unspecified atom stereocenters. The summed E-state index contributed by atoms with van der Waals surface area (Å²) in [4.78, 5) is 25.1. The summed E-state index contributed by atoms with van der Waals surface area (Å²) < 4.78 is 5.42. The number of ether oxygens (including phenoxy) is 1. The van der Waals surface area contributed by atoms with Crippen LogP contribution >= 0.6 is 0 Å². The summed E-state index contributed by atoms with van der Waals surface area (Å²) in [6.45, 7) is 4.84. The first-order valence-electron chi connectivity index (χ1n) is 6.78. The second kappa shape index (κ2) is 6.05. The third kappa shape index (κ3) is 3.36. The molecule has 1 heterocycles. The summed E-state index contributed by atoms with van der Waals surface area (Å²) in [5.74, 6) is 0.433. The molecule has 2 rings (SSSR count). The van der Waals surface area contributed by atoms with Gasteiger partial charge in [0.2, 0.25) is 5.91 Å². The molecule has 0 aromatic heterocycles. The van der Waals surface area contributed by atoms with Crippen molar-refractivity contribution in [2.24, 2.45) is 5.73 Å². The number of rotatable bonds is 6. The van der Waals surface area contributed by atoms with E-state index in [0.29, 0.717) is 12.2 Å². The number of fused-ring (bicyclic) bond motifs is 1. The minimum absolute atomic E-state index is 0.00495. The van der Waals surface area contributed by atoms with Crippen molar-refractivity contribution in [2.45, 2.75) is 26.3 Å². The van der Waals surface area contributed by atoms with Crippen LogP contribution in [0.5, 0.6) is 5.75 Å². The van der Waals surface area contributed by atoms with Crippen molar-refractivity contribution < 1.29 is 14.3 Å². The SMILES string of the molecule is CC(C)N(CC(N)=O)CC(=O)c1ccc2c(c1)CCO2. The highest BCUT2D eigenvalue weighted by Gasteiger charge is 2.19. The maximum Gasteiger partial charge on any atom is 0.231 e. The highest BCUT2D eigenvalue weighted by atomic mass is 16.5. The first-order chi connectivity index (χ1) is 9.47. The molecule has 5 nitrogen and oxygen atoms in total. The Morgan fingerprint density at radius 1 is 1.35 bits per heavy atom. The van der Waals surface area contributed by atoms with Gasteiger partial charge in [0, 0.05) is 18.0 Å². The van der Waals surface area contributed by atoms with Crippen molar-refractivity contribution >= 4 is 11.7 Å². The number of Topliss-reactive ketones (excluding diaryl/α,β-unsaturated/α-hetero) is 1. The van der Waals surface area contributed by atoms with Gasteiger partial charge in [0.05, 0.1) is 19.7 Å². The predicted molar refractivity (Wildman–Crippen MR) is 75.9 cm³/mol. The van der Waals surface area contributed by atoms with E-state index < -0.39 is 5.91 Å². The highest BCUT2D eigenvalue weighted by molar-refractivity contribution is 5.98. The van der Waals surface area contributed by atoms with E-state index in [4.69, 9.17) is 10.5 Å². The Bertz CT molecular complexity index is 526. The van der Waals surface area contributed by atoms with Crippen LogP contribution in [0.4, 0.5) is 0 Å². The normalized spacial score (nSPS) is 13.4. The fraction of sp³-hybridized carbons (Fsp3) is 0.467. The Morgan fingerprint density at radius 3 is 2.75 bits per heavy atom. The summed E-state index contributed by atoms with van der Waals surface area (Å²) in [5.41, 5.74) is 6.94. The van der Waals surface area contributed by atoms with Crippen LogP contribution in [0.15, 0.2) is 18.2 Å². The molecule has 1 amide bonds. The Kier molecular flexibility index (Phi) is 4.39. The van der Waals surface area contributed by atoms with E-state index >= 15 is 0 Å². The van der Waals surface area contributed by atoms with Gasteiger partial charge in [0.15, 0.2) is 5.78 Å². The molecule has 0 radical (unpaired) electrons. The van der Waals surface area contributed by atoms with E-state index in [1.54, 1.807) is 11.0 Å². The lowest BCUT2D eigenvalue weighted by molar-refractivity contribution is -0.119. The number of hydrogen-bond acceptors (Lipinski definition) is 4. The van der Waals surface area contributed by atoms with Crippen LogP contribution in [0.3, 0.4) is 0 Å². The lowest BCUT2D eigenvalue weighted by atomic mass is 10.0. The molecule has 20 heavy (non-hydrogen) atoms. The van der Waals surface area contributed by atoms with Gasteiger partial charge in [-0.1, -0.05) is 0 Å². The van der Waals surface area contributed by atoms with Gasteiger partial charge in [-0.05, 0) is 37.6 Å². The quantitative estimate of drug-likeness (QED) is 0.787. The lowest BCUT2D eigenvalue weighted by Gasteiger charge is -2.24. The zero-order valence-corrected chi connectivity index (χ0v) is 11.9. The topological polar surface area (TPSA) is 72.6 Å². The average molecular weight is 276 g/mol. The van der Waals surface area contributed by atoms with Gasteiger partial charge in [-0.3, -0.25) is 14.5 Å². The maximum atomic E-state index is 12.3. The molecule has 0 fully saturated rings. The summed E-state index contributed by atoms with van der Waals surface area (Å²) in [7, 11) is 0. The molecular formula is C15H20N2O3. The number of benzene rings is 1. The van der Waals surface area contributed by atoms with Gasteiger partial charge >= 0.3 is 0 Å². The standard InChI is InChI=1S/C15H20N2O3/c1-10(2)17(9-15(16)19)8-13(18)11-3-4-14-12(7-11)5-6-20-14/h3-4,7,10H,5-6,8-9H2,1-2H3,(H2,16,19). The smallest absolute Gasteiger partial charge is 0.231 e. The Morgan fingerprint density at radius 2 is 2.10 bits per heavy atom. The number of carbonyl (C=O) groups is 2. The van der Waals surface area contributed by atoms with Crippen LogP contribution in [0.2, 0.25) is 0 Å². The minimum Gasteiger partial charge on any atom is -0.493 e. The van der Waals surface area contributed by atoms with Crippen molar-refractivity contribution in [3.8, 4) is 5.75 Å². The van der Waals surface area contributed by atoms with E-state index in [9.17, 15) is 9.59 Å². The largest absolute Gasteiger partial charge is 0.493 e. The number of ketones is 1. The molecule has 0 saturated carbocycles. The number of nitrogens with zero attached hydrogens (tertiary/aromatic N) is 1. The first-order valence-corrected chi connectivity index (χ1v) is 6.78. The summed E-state index contributed by atoms with van der Waals surface area (Å²) in [6.07, 6.45) is 0.839. The number of primary amides is 1. The van der Waals surface area contributed by atoms with Gasteiger partial charge in [-0.2, -0.15) is 0 Å². The molecule has 0 aliphatic carbocycles. The van der Waals surface area contributed by atoms with Crippen LogP contribution in [0.25, 0.3) is 0 Å². The minimum atomic E-state index is -0.422. The van der Waals surface area contributed by atoms with Crippen molar-refractivity contribution in [3.05, 3.63) is 29.3 Å². The Balaban J connectivity index is 2.08. The van der Waals surface area contributed by atoms with Crippen LogP contribution in [0, 0.1) is 0 Å². The Labute approximate surface area is 118 Å². The van der Waals surface area contributed by atoms with Gasteiger partial charge in [-0.15, -0.1) is 0 Å². The van der Waals surface area contributed by atoms with Gasteiger partial charge < -0.3 is 10.5 Å². The van der Waals surface area contributed by atoms with Crippen molar-refractivity contribution in [3.63, 3.8) is 0 Å². The van der Waals surface area contributed by atoms with E-state index in [1.165, 1.54) is 0 Å². The molecule has 1 aromatic carbocycles. The van der Waals surface area contributed by atoms with Crippen molar-refractivity contribution in [1.29, 1.82) is 0 Å². The number of hydrogen-bond donors (Lipinski definition) is 1. The number of carbonyl (C=O) groups excluding carboxylic acids is 2. The van der Waals surface area contributed by atoms with Crippen molar-refractivity contribution in [2.75, 3.05) is 19.7 Å². The molecule has 5 heteroatoms. The van der Waals surface area contributed by atoms with E-state index in [1.807, 2.05) is 26.0 Å². The van der Waals surface area contributed by atoms with E-state index in [2.05, 4.69) is 0 Å². The molecule has 2 N–H and O–H groups in total. The zero-order chi connectivity index (χ0) is 14.7. The van der Waals surface area contributed by atoms with E-state index in [0.717, 1.165) is 17.7 Å². The molecular weight excluding hydrogens is 256 g/mol. The number of nitrogens with two attached hydrogens (primary N) is 1. The molecule has 1 aromatic rings. The fourth-order valence-electron chi connectivity index (χ4n) is 2.26. The van der Waals surface area contributed by atoms with Crippen molar-refractivity contribution in [1.82, 2.24) is 4.90 Å². The van der Waals surface area contributed by atoms with Crippen LogP contribution in [-0.2, 0) is 11.2 Å². The Hall–Kier alpha value is -1.88. The average Bonchev–Trinajstić information content (AvgIpc) is 2.84. The molecule has 1 aliphatic heterocycles. The first kappa shape index (κ1) is 14.5. The third-order valence-electron chi connectivity index (χ3n) is 3.45. The summed E-state index contributed by atoms with van der Waals surface area (Å²) in [5, 5.41) is 0. The molecule has 0 spiro atoms. The zero-order valence-electron chi connectivity index (χ0n) is 11.9. The summed E-state index contributed by atoms with van der Waals surface area (Å²) in [6, 6.07) is 5.58. The van der Waals surface area contributed by atoms with Crippen LogP contribution in [-0.4, -0.2) is 42.3 Å². The monoisotopic (exact) mass is 276 g/mol.